The number of sulfonamides is 1. The van der Waals surface area contributed by atoms with Crippen LogP contribution < -0.4 is 9.46 Å². The minimum atomic E-state index is -3.24. The molecule has 0 saturated carbocycles. The van der Waals surface area contributed by atoms with Gasteiger partial charge in [-0.05, 0) is 12.1 Å². The van der Waals surface area contributed by atoms with Crippen molar-refractivity contribution in [3.63, 3.8) is 0 Å². The predicted octanol–water partition coefficient (Wildman–Crippen LogP) is 1.70. The van der Waals surface area contributed by atoms with Gasteiger partial charge in [0.15, 0.2) is 0 Å². The molecule has 1 aromatic carbocycles. The Labute approximate surface area is 85.0 Å². The number of benzene rings is 1. The summed E-state index contributed by atoms with van der Waals surface area (Å²) in [5.74, 6) is 0.507. The van der Waals surface area contributed by atoms with E-state index >= 15 is 0 Å². The average Bonchev–Trinajstić information content (AvgIpc) is 2.02. The normalized spacial score (nSPS) is 10.1. The number of methoxy groups -OCH3 is 1. The molecule has 1 rings (SSSR count). The highest BCUT2D eigenvalue weighted by Crippen LogP contribution is 2.23. The van der Waals surface area contributed by atoms with Crippen molar-refractivity contribution in [3.05, 3.63) is 24.3 Å². The maximum Gasteiger partial charge on any atom is 0.229 e. The molecule has 0 unspecified atom stereocenters. The summed E-state index contributed by atoms with van der Waals surface area (Å²) in [7, 11) is -1.75. The Morgan fingerprint density at radius 3 is 2.36 bits per heavy atom. The Kier molecular flexibility index (Phi) is 4.43. The lowest BCUT2D eigenvalue weighted by Gasteiger charge is -2.08. The van der Waals surface area contributed by atoms with Gasteiger partial charge >= 0.3 is 0 Å². The van der Waals surface area contributed by atoms with Gasteiger partial charge in [-0.15, -0.1) is 0 Å². The van der Waals surface area contributed by atoms with E-state index in [-0.39, 0.29) is 7.43 Å². The molecule has 4 nitrogen and oxygen atoms in total. The molecule has 0 saturated heterocycles. The van der Waals surface area contributed by atoms with Gasteiger partial charge in [-0.25, -0.2) is 8.42 Å². The van der Waals surface area contributed by atoms with Crippen LogP contribution in [0.15, 0.2) is 24.3 Å². The van der Waals surface area contributed by atoms with Crippen molar-refractivity contribution in [2.45, 2.75) is 7.43 Å². The van der Waals surface area contributed by atoms with Crippen molar-refractivity contribution in [3.8, 4) is 5.75 Å². The molecule has 0 amide bonds. The highest BCUT2D eigenvalue weighted by molar-refractivity contribution is 7.92. The third kappa shape index (κ3) is 3.66. The van der Waals surface area contributed by atoms with Gasteiger partial charge in [0.05, 0.1) is 19.1 Å². The van der Waals surface area contributed by atoms with E-state index in [9.17, 15) is 8.42 Å². The van der Waals surface area contributed by atoms with Crippen LogP contribution in [0.1, 0.15) is 7.43 Å². The molecule has 80 valence electrons. The number of hydrogen-bond donors (Lipinski definition) is 1. The Morgan fingerprint density at radius 1 is 1.29 bits per heavy atom. The third-order valence-corrected chi connectivity index (χ3v) is 1.99. The number of ether oxygens (including phenoxy) is 1. The van der Waals surface area contributed by atoms with Gasteiger partial charge in [0.25, 0.3) is 0 Å². The highest BCUT2D eigenvalue weighted by Gasteiger charge is 2.05. The first-order valence-corrected chi connectivity index (χ1v) is 5.53. The van der Waals surface area contributed by atoms with E-state index in [1.54, 1.807) is 24.3 Å². The van der Waals surface area contributed by atoms with Gasteiger partial charge in [-0.3, -0.25) is 4.72 Å². The Bertz CT molecular complexity index is 387. The molecule has 0 aromatic heterocycles. The van der Waals surface area contributed by atoms with Crippen LogP contribution in [0.5, 0.6) is 5.75 Å². The summed E-state index contributed by atoms with van der Waals surface area (Å²) < 4.78 is 29.1. The second kappa shape index (κ2) is 4.85. The van der Waals surface area contributed by atoms with Crippen molar-refractivity contribution < 1.29 is 13.2 Å². The molecule has 0 aliphatic heterocycles. The van der Waals surface area contributed by atoms with E-state index in [0.717, 1.165) is 6.26 Å². The fraction of sp³-hybridized carbons (Fsp3) is 0.333. The fourth-order valence-corrected chi connectivity index (χ4v) is 1.50. The maximum atomic E-state index is 10.9. The second-order valence-corrected chi connectivity index (χ2v) is 4.32. The summed E-state index contributed by atoms with van der Waals surface area (Å²) in [6.45, 7) is 0. The zero-order chi connectivity index (χ0) is 9.90. The van der Waals surface area contributed by atoms with Crippen molar-refractivity contribution in [2.75, 3.05) is 18.1 Å². The van der Waals surface area contributed by atoms with Crippen LogP contribution in [-0.4, -0.2) is 21.8 Å². The first kappa shape index (κ1) is 12.8. The van der Waals surface area contributed by atoms with Gasteiger partial charge in [-0.2, -0.15) is 0 Å². The second-order valence-electron chi connectivity index (χ2n) is 2.57. The van der Waals surface area contributed by atoms with Crippen LogP contribution in [0.25, 0.3) is 0 Å². The van der Waals surface area contributed by atoms with Crippen molar-refractivity contribution in [1.29, 1.82) is 0 Å². The smallest absolute Gasteiger partial charge is 0.229 e. The van der Waals surface area contributed by atoms with Crippen LogP contribution in [0.3, 0.4) is 0 Å². The standard InChI is InChI=1S/C8H11NO3S.CH4/c1-12-8-6-4-3-5-7(8)9-13(2,10)11;/h3-6,9H,1-2H3;1H4. The van der Waals surface area contributed by atoms with Crippen molar-refractivity contribution >= 4 is 15.7 Å². The summed E-state index contributed by atoms with van der Waals surface area (Å²) >= 11 is 0. The lowest BCUT2D eigenvalue weighted by atomic mass is 10.3. The zero-order valence-electron chi connectivity index (χ0n) is 7.44. The lowest BCUT2D eigenvalue weighted by Crippen LogP contribution is -2.10. The summed E-state index contributed by atoms with van der Waals surface area (Å²) in [6.07, 6.45) is 1.10. The summed E-state index contributed by atoms with van der Waals surface area (Å²) in [6, 6.07) is 6.83. The van der Waals surface area contributed by atoms with Gasteiger partial charge in [0.1, 0.15) is 5.75 Å². The summed E-state index contributed by atoms with van der Waals surface area (Å²) in [4.78, 5) is 0. The molecule has 0 atom stereocenters. The molecule has 0 radical (unpaired) electrons. The van der Waals surface area contributed by atoms with E-state index < -0.39 is 10.0 Å². The van der Waals surface area contributed by atoms with Gasteiger partial charge < -0.3 is 4.74 Å². The first-order valence-electron chi connectivity index (χ1n) is 3.64. The molecular weight excluding hydrogens is 202 g/mol. The predicted molar refractivity (Wildman–Crippen MR) is 58.2 cm³/mol. The van der Waals surface area contributed by atoms with Gasteiger partial charge in [0.2, 0.25) is 10.0 Å². The molecule has 1 N–H and O–H groups in total. The van der Waals surface area contributed by atoms with Gasteiger partial charge in [-0.1, -0.05) is 19.6 Å². The quantitative estimate of drug-likeness (QED) is 0.838. The third-order valence-electron chi connectivity index (χ3n) is 1.40. The number of para-hydroxylation sites is 2. The molecule has 0 aliphatic rings. The van der Waals surface area contributed by atoms with E-state index in [2.05, 4.69) is 4.72 Å². The molecule has 0 fully saturated rings. The monoisotopic (exact) mass is 217 g/mol. The largest absolute Gasteiger partial charge is 0.495 e. The van der Waals surface area contributed by atoms with E-state index in [0.29, 0.717) is 11.4 Å². The molecule has 0 heterocycles. The molecule has 0 bridgehead atoms. The van der Waals surface area contributed by atoms with E-state index in [4.69, 9.17) is 4.74 Å². The molecule has 14 heavy (non-hydrogen) atoms. The van der Waals surface area contributed by atoms with Crippen molar-refractivity contribution in [1.82, 2.24) is 0 Å². The Balaban J connectivity index is 0.00000169. The van der Waals surface area contributed by atoms with Crippen LogP contribution in [0.2, 0.25) is 0 Å². The van der Waals surface area contributed by atoms with E-state index in [1.807, 2.05) is 0 Å². The highest BCUT2D eigenvalue weighted by atomic mass is 32.2. The lowest BCUT2D eigenvalue weighted by molar-refractivity contribution is 0.417. The fourth-order valence-electron chi connectivity index (χ4n) is 0.929. The Hall–Kier alpha value is -1.23. The number of hydrogen-bond acceptors (Lipinski definition) is 3. The van der Waals surface area contributed by atoms with Crippen LogP contribution in [-0.2, 0) is 10.0 Å². The topological polar surface area (TPSA) is 55.4 Å². The number of nitrogens with one attached hydrogen (secondary N) is 1. The van der Waals surface area contributed by atoms with Crippen LogP contribution >= 0.6 is 0 Å². The molecule has 5 heteroatoms. The van der Waals surface area contributed by atoms with E-state index in [1.165, 1.54) is 7.11 Å². The summed E-state index contributed by atoms with van der Waals surface area (Å²) in [5, 5.41) is 0. The molecular formula is C9H15NO3S. The Morgan fingerprint density at radius 2 is 1.86 bits per heavy atom. The van der Waals surface area contributed by atoms with Gasteiger partial charge in [0, 0.05) is 0 Å². The molecule has 0 aliphatic carbocycles. The minimum Gasteiger partial charge on any atom is -0.495 e. The molecule has 1 aromatic rings. The van der Waals surface area contributed by atoms with Crippen molar-refractivity contribution in [2.24, 2.45) is 0 Å². The number of anilines is 1. The van der Waals surface area contributed by atoms with Crippen LogP contribution in [0, 0.1) is 0 Å². The van der Waals surface area contributed by atoms with Crippen LogP contribution in [0.4, 0.5) is 5.69 Å². The maximum absolute atomic E-state index is 10.9. The minimum absolute atomic E-state index is 0. The summed E-state index contributed by atoms with van der Waals surface area (Å²) in [5.41, 5.74) is 0.451. The number of rotatable bonds is 3. The zero-order valence-corrected chi connectivity index (χ0v) is 8.26. The molecule has 0 spiro atoms. The first-order chi connectivity index (χ1) is 6.03. The average molecular weight is 217 g/mol. The SMILES string of the molecule is C.COc1ccccc1NS(C)(=O)=O.